The van der Waals surface area contributed by atoms with Gasteiger partial charge >= 0.3 is 0 Å². The predicted molar refractivity (Wildman–Crippen MR) is 98.1 cm³/mol. The van der Waals surface area contributed by atoms with E-state index >= 15 is 0 Å². The average Bonchev–Trinajstić information content (AvgIpc) is 3.34. The van der Waals surface area contributed by atoms with E-state index in [1.165, 1.54) is 18.7 Å². The Labute approximate surface area is 162 Å². The zero-order chi connectivity index (χ0) is 19.9. The van der Waals surface area contributed by atoms with Crippen molar-refractivity contribution in [3.63, 3.8) is 0 Å². The molecule has 1 aliphatic carbocycles. The number of carbonyl (C=O) groups is 2. The van der Waals surface area contributed by atoms with Crippen molar-refractivity contribution in [2.45, 2.75) is 45.1 Å². The van der Waals surface area contributed by atoms with Crippen LogP contribution in [0.2, 0.25) is 0 Å². The van der Waals surface area contributed by atoms with Crippen molar-refractivity contribution in [1.82, 2.24) is 30.3 Å². The van der Waals surface area contributed by atoms with E-state index in [1.807, 2.05) is 18.7 Å². The molecule has 1 saturated carbocycles. The third kappa shape index (κ3) is 3.14. The molecule has 0 radical (unpaired) electrons. The molecule has 2 aromatic heterocycles. The maximum absolute atomic E-state index is 12.6. The lowest BCUT2D eigenvalue weighted by Gasteiger charge is -2.26. The molecule has 148 valence electrons. The molecular weight excluding hydrogens is 360 g/mol. The molecule has 0 spiro atoms. The van der Waals surface area contributed by atoms with Crippen molar-refractivity contribution in [2.24, 2.45) is 11.8 Å². The normalized spacial score (nSPS) is 26.5. The Morgan fingerprint density at radius 2 is 2.07 bits per heavy atom. The van der Waals surface area contributed by atoms with Gasteiger partial charge in [-0.05, 0) is 25.7 Å². The molecule has 9 heteroatoms. The molecule has 28 heavy (non-hydrogen) atoms. The molecule has 0 bridgehead atoms. The Bertz CT molecular complexity index is 883. The smallest absolute Gasteiger partial charge is 0.254 e. The molecule has 3 atom stereocenters. The summed E-state index contributed by atoms with van der Waals surface area (Å²) in [5.74, 6) is 1.17. The Hall–Kier alpha value is -2.84. The van der Waals surface area contributed by atoms with Crippen LogP contribution in [-0.4, -0.2) is 56.0 Å². The van der Waals surface area contributed by atoms with Gasteiger partial charge in [-0.3, -0.25) is 9.59 Å². The van der Waals surface area contributed by atoms with E-state index in [0.29, 0.717) is 36.8 Å². The topological polar surface area (TPSA) is 114 Å². The maximum Gasteiger partial charge on any atom is 0.254 e. The number of fused-ring (bicyclic) bond motifs is 1. The van der Waals surface area contributed by atoms with E-state index in [4.69, 9.17) is 4.52 Å². The maximum atomic E-state index is 12.6. The van der Waals surface area contributed by atoms with Crippen molar-refractivity contribution >= 4 is 11.8 Å². The molecule has 2 aromatic rings. The van der Waals surface area contributed by atoms with E-state index in [9.17, 15) is 9.59 Å². The van der Waals surface area contributed by atoms with Crippen molar-refractivity contribution in [3.8, 4) is 0 Å². The Kier molecular flexibility index (Phi) is 4.60. The number of likely N-dealkylation sites (tertiary alicyclic amines) is 1. The van der Waals surface area contributed by atoms with Crippen LogP contribution >= 0.6 is 0 Å². The summed E-state index contributed by atoms with van der Waals surface area (Å²) in [6.45, 7) is 6.78. The number of aryl methyl sites for hydroxylation is 1. The van der Waals surface area contributed by atoms with Gasteiger partial charge in [-0.1, -0.05) is 19.0 Å². The molecule has 2 aliphatic rings. The van der Waals surface area contributed by atoms with Gasteiger partial charge in [0.2, 0.25) is 11.8 Å². The fourth-order valence-corrected chi connectivity index (χ4v) is 4.53. The van der Waals surface area contributed by atoms with Crippen LogP contribution < -0.4 is 5.32 Å². The van der Waals surface area contributed by atoms with Gasteiger partial charge < -0.3 is 14.7 Å². The van der Waals surface area contributed by atoms with Gasteiger partial charge in [0.15, 0.2) is 5.82 Å². The summed E-state index contributed by atoms with van der Waals surface area (Å²) in [4.78, 5) is 39.3. The minimum absolute atomic E-state index is 0.0405. The van der Waals surface area contributed by atoms with Gasteiger partial charge in [-0.15, -0.1) is 0 Å². The number of carbonyl (C=O) groups excluding carboxylic acids is 2. The van der Waals surface area contributed by atoms with Crippen molar-refractivity contribution in [3.05, 3.63) is 36.0 Å². The zero-order valence-electron chi connectivity index (χ0n) is 16.3. The summed E-state index contributed by atoms with van der Waals surface area (Å²) in [7, 11) is 0. The molecule has 0 unspecified atom stereocenters. The van der Waals surface area contributed by atoms with Crippen LogP contribution in [0.5, 0.6) is 0 Å². The lowest BCUT2D eigenvalue weighted by atomic mass is 9.80. The molecule has 2 amide bonds. The van der Waals surface area contributed by atoms with E-state index in [-0.39, 0.29) is 29.7 Å². The number of aromatic nitrogens is 4. The minimum atomic E-state index is -0.420. The molecule has 0 aromatic carbocycles. The fourth-order valence-electron chi connectivity index (χ4n) is 4.53. The second kappa shape index (κ2) is 6.96. The second-order valence-corrected chi connectivity index (χ2v) is 8.11. The third-order valence-electron chi connectivity index (χ3n) is 5.79. The summed E-state index contributed by atoms with van der Waals surface area (Å²) in [6.07, 6.45) is 5.80. The molecular formula is C19H24N6O3. The first-order valence-corrected chi connectivity index (χ1v) is 9.54. The number of rotatable bonds is 4. The summed E-state index contributed by atoms with van der Waals surface area (Å²) in [6, 6.07) is -0.0405. The van der Waals surface area contributed by atoms with Crippen LogP contribution in [0.15, 0.2) is 23.2 Å². The summed E-state index contributed by atoms with van der Waals surface area (Å²) >= 11 is 0. The van der Waals surface area contributed by atoms with E-state index < -0.39 is 5.41 Å². The van der Waals surface area contributed by atoms with Gasteiger partial charge in [0, 0.05) is 37.4 Å². The van der Waals surface area contributed by atoms with Crippen LogP contribution in [0.25, 0.3) is 0 Å². The first-order chi connectivity index (χ1) is 13.4. The van der Waals surface area contributed by atoms with Gasteiger partial charge in [0.1, 0.15) is 6.33 Å². The molecule has 4 rings (SSSR count). The SMILES string of the molecule is Cc1noc([C@]23C[C@H](NC(=O)c4cncnc4)C[C@H]2CN(C(=O)C(C)C)C3)n1. The molecule has 2 fully saturated rings. The lowest BCUT2D eigenvalue weighted by Crippen LogP contribution is -2.40. The van der Waals surface area contributed by atoms with Crippen molar-refractivity contribution in [2.75, 3.05) is 13.1 Å². The van der Waals surface area contributed by atoms with Crippen molar-refractivity contribution < 1.29 is 14.1 Å². The Balaban J connectivity index is 1.56. The highest BCUT2D eigenvalue weighted by molar-refractivity contribution is 5.93. The van der Waals surface area contributed by atoms with Gasteiger partial charge in [0.05, 0.1) is 11.0 Å². The highest BCUT2D eigenvalue weighted by Crippen LogP contribution is 2.50. The molecule has 9 nitrogen and oxygen atoms in total. The number of hydrogen-bond acceptors (Lipinski definition) is 7. The van der Waals surface area contributed by atoms with Gasteiger partial charge in [-0.2, -0.15) is 4.98 Å². The number of hydrogen-bond donors (Lipinski definition) is 1. The van der Waals surface area contributed by atoms with Gasteiger partial charge in [0.25, 0.3) is 5.91 Å². The number of nitrogens with one attached hydrogen (secondary N) is 1. The van der Waals surface area contributed by atoms with Crippen molar-refractivity contribution in [1.29, 1.82) is 0 Å². The third-order valence-corrected chi connectivity index (χ3v) is 5.79. The van der Waals surface area contributed by atoms with Crippen LogP contribution in [-0.2, 0) is 10.2 Å². The Morgan fingerprint density at radius 1 is 1.32 bits per heavy atom. The van der Waals surface area contributed by atoms with Crippen LogP contribution in [0, 0.1) is 18.8 Å². The van der Waals surface area contributed by atoms with E-state index in [0.717, 1.165) is 6.42 Å². The zero-order valence-corrected chi connectivity index (χ0v) is 16.3. The predicted octanol–water partition coefficient (Wildman–Crippen LogP) is 1.11. The first kappa shape index (κ1) is 18.5. The summed E-state index contributed by atoms with van der Waals surface area (Å²) in [5, 5.41) is 7.04. The summed E-state index contributed by atoms with van der Waals surface area (Å²) < 4.78 is 5.55. The molecule has 1 N–H and O–H groups in total. The van der Waals surface area contributed by atoms with E-state index in [1.54, 1.807) is 6.92 Å². The summed E-state index contributed by atoms with van der Waals surface area (Å²) in [5.41, 5.74) is 0.00980. The van der Waals surface area contributed by atoms with Gasteiger partial charge in [-0.25, -0.2) is 9.97 Å². The van der Waals surface area contributed by atoms with Crippen LogP contribution in [0.3, 0.4) is 0 Å². The van der Waals surface area contributed by atoms with E-state index in [2.05, 4.69) is 25.4 Å². The highest BCUT2D eigenvalue weighted by Gasteiger charge is 2.58. The lowest BCUT2D eigenvalue weighted by molar-refractivity contribution is -0.133. The largest absolute Gasteiger partial charge is 0.349 e. The molecule has 3 heterocycles. The second-order valence-electron chi connectivity index (χ2n) is 8.11. The monoisotopic (exact) mass is 384 g/mol. The number of nitrogens with zero attached hydrogens (tertiary/aromatic N) is 5. The standard InChI is InChI=1S/C19H24N6O3/c1-11(2)17(27)25-8-14-4-15(23-16(26)13-6-20-10-21-7-13)5-19(14,9-25)18-22-12(3)24-28-18/h6-7,10-11,14-15H,4-5,8-9H2,1-3H3,(H,23,26)/t14-,15+,19-/m0/s1. The molecule has 1 aliphatic heterocycles. The quantitative estimate of drug-likeness (QED) is 0.840. The first-order valence-electron chi connectivity index (χ1n) is 9.54. The van der Waals surface area contributed by atoms with Crippen LogP contribution in [0.1, 0.15) is 48.8 Å². The highest BCUT2D eigenvalue weighted by atomic mass is 16.5. The molecule has 1 saturated heterocycles. The average molecular weight is 384 g/mol. The number of amides is 2. The van der Waals surface area contributed by atoms with Crippen LogP contribution in [0.4, 0.5) is 0 Å². The minimum Gasteiger partial charge on any atom is -0.349 e. The fraction of sp³-hybridized carbons (Fsp3) is 0.579. The Morgan fingerprint density at radius 3 is 2.71 bits per heavy atom.